The van der Waals surface area contributed by atoms with E-state index in [-0.39, 0.29) is 36.5 Å². The third-order valence-electron chi connectivity index (χ3n) is 5.08. The third-order valence-corrected chi connectivity index (χ3v) is 5.08. The lowest BCUT2D eigenvalue weighted by Gasteiger charge is -2.34. The van der Waals surface area contributed by atoms with Crippen molar-refractivity contribution in [1.82, 2.24) is 14.5 Å². The average Bonchev–Trinajstić information content (AvgIpc) is 3.00. The van der Waals surface area contributed by atoms with Gasteiger partial charge >= 0.3 is 0 Å². The van der Waals surface area contributed by atoms with Crippen LogP contribution in [0.4, 0.5) is 19.1 Å². The first kappa shape index (κ1) is 19.9. The minimum Gasteiger partial charge on any atom is -0.340 e. The van der Waals surface area contributed by atoms with Gasteiger partial charge in [-0.05, 0) is 13.3 Å². The van der Waals surface area contributed by atoms with Gasteiger partial charge in [-0.2, -0.15) is 5.26 Å². The van der Waals surface area contributed by atoms with Crippen LogP contribution < -0.4 is 10.6 Å². The maximum atomic E-state index is 13.8. The molecule has 2 N–H and O–H groups in total. The van der Waals surface area contributed by atoms with Gasteiger partial charge in [-0.15, -0.1) is 0 Å². The van der Waals surface area contributed by atoms with Crippen molar-refractivity contribution in [3.05, 3.63) is 23.8 Å². The van der Waals surface area contributed by atoms with Crippen LogP contribution in [0.3, 0.4) is 0 Å². The molecular weight excluding hydrogens is 373 g/mol. The predicted molar refractivity (Wildman–Crippen MR) is 97.2 cm³/mol. The fourth-order valence-electron chi connectivity index (χ4n) is 3.19. The van der Waals surface area contributed by atoms with Crippen molar-refractivity contribution in [3.63, 3.8) is 0 Å². The number of nitrogens with two attached hydrogens (primary N) is 1. The normalized spacial score (nSPS) is 20.8. The number of carbonyl (C=O) groups excluding carboxylic acids is 1. The van der Waals surface area contributed by atoms with Gasteiger partial charge < -0.3 is 20.1 Å². The fraction of sp³-hybridized carbons (Fsp3) is 0.500. The molecule has 1 aromatic carbocycles. The Hall–Kier alpha value is -2.80. The van der Waals surface area contributed by atoms with Crippen molar-refractivity contribution in [1.29, 1.82) is 5.26 Å². The Kier molecular flexibility index (Phi) is 5.47. The van der Waals surface area contributed by atoms with Crippen molar-refractivity contribution in [2.45, 2.75) is 38.1 Å². The molecular formula is C18H21F3N6O. The first-order valence-electron chi connectivity index (χ1n) is 8.88. The van der Waals surface area contributed by atoms with Crippen molar-refractivity contribution in [3.8, 4) is 6.07 Å². The van der Waals surface area contributed by atoms with Crippen LogP contribution in [-0.4, -0.2) is 58.8 Å². The van der Waals surface area contributed by atoms with Gasteiger partial charge in [0.15, 0.2) is 11.6 Å². The molecule has 0 spiro atoms. The number of amides is 1. The first-order chi connectivity index (χ1) is 13.2. The second kappa shape index (κ2) is 7.67. The molecule has 28 heavy (non-hydrogen) atoms. The summed E-state index contributed by atoms with van der Waals surface area (Å²) in [5.74, 6) is -2.23. The summed E-state index contributed by atoms with van der Waals surface area (Å²) < 4.78 is 42.7. The Balaban J connectivity index is 2.04. The quantitative estimate of drug-likeness (QED) is 0.850. The van der Waals surface area contributed by atoms with Crippen LogP contribution in [0, 0.1) is 23.0 Å². The van der Waals surface area contributed by atoms with E-state index < -0.39 is 35.8 Å². The Bertz CT molecular complexity index is 940. The van der Waals surface area contributed by atoms with Crippen LogP contribution in [0.15, 0.2) is 12.1 Å². The highest BCUT2D eigenvalue weighted by Gasteiger charge is 2.30. The number of hydrogen-bond acceptors (Lipinski definition) is 5. The number of fused-ring (bicyclic) bond motifs is 1. The van der Waals surface area contributed by atoms with Crippen molar-refractivity contribution in [2.75, 3.05) is 25.0 Å². The van der Waals surface area contributed by atoms with Crippen molar-refractivity contribution in [2.24, 2.45) is 5.73 Å². The standard InChI is InChI=1S/C18H21F3N6O/c1-10(7-22)25(2)17(28)9-27-16-6-13(21)12(20)5-15(16)24-18(27)26-4-3-11(19)14(23)8-26/h5-6,10-11,14H,3-4,8-9,23H2,1-2H3/t10?,11-,14-/m1/s1. The molecule has 0 aliphatic carbocycles. The number of likely N-dealkylation sites (N-methyl/N-ethyl adjacent to an activating group) is 1. The second-order valence-corrected chi connectivity index (χ2v) is 6.98. The molecule has 10 heteroatoms. The summed E-state index contributed by atoms with van der Waals surface area (Å²) in [6.07, 6.45) is -0.958. The van der Waals surface area contributed by atoms with E-state index in [1.807, 2.05) is 6.07 Å². The minimum atomic E-state index is -1.15. The average molecular weight is 394 g/mol. The lowest BCUT2D eigenvalue weighted by Crippen LogP contribution is -2.50. The molecule has 0 bridgehead atoms. The molecule has 1 amide bonds. The molecule has 1 aliphatic rings. The van der Waals surface area contributed by atoms with Gasteiger partial charge in [0.25, 0.3) is 0 Å². The first-order valence-corrected chi connectivity index (χ1v) is 8.88. The Morgan fingerprint density at radius 3 is 2.79 bits per heavy atom. The molecule has 150 valence electrons. The summed E-state index contributed by atoms with van der Waals surface area (Å²) in [6.45, 7) is 1.81. The Morgan fingerprint density at radius 1 is 1.46 bits per heavy atom. The molecule has 3 atom stereocenters. The van der Waals surface area contributed by atoms with Gasteiger partial charge in [-0.25, -0.2) is 18.2 Å². The Morgan fingerprint density at radius 2 is 2.14 bits per heavy atom. The van der Waals surface area contributed by atoms with Gasteiger partial charge in [0.1, 0.15) is 18.8 Å². The summed E-state index contributed by atoms with van der Waals surface area (Å²) >= 11 is 0. The topological polar surface area (TPSA) is 91.2 Å². The Labute approximate surface area is 160 Å². The van der Waals surface area contributed by atoms with Gasteiger partial charge in [0.2, 0.25) is 11.9 Å². The molecule has 3 rings (SSSR count). The van der Waals surface area contributed by atoms with Crippen LogP contribution in [0.5, 0.6) is 0 Å². The number of benzene rings is 1. The highest BCUT2D eigenvalue weighted by Crippen LogP contribution is 2.27. The molecule has 1 aliphatic heterocycles. The van der Waals surface area contributed by atoms with Crippen LogP contribution in [-0.2, 0) is 11.3 Å². The molecule has 2 heterocycles. The van der Waals surface area contributed by atoms with E-state index in [0.717, 1.165) is 12.1 Å². The molecule has 1 aromatic heterocycles. The number of carbonyl (C=O) groups is 1. The number of aromatic nitrogens is 2. The maximum Gasteiger partial charge on any atom is 0.243 e. The highest BCUT2D eigenvalue weighted by molar-refractivity contribution is 5.83. The van der Waals surface area contributed by atoms with Crippen LogP contribution in [0.2, 0.25) is 0 Å². The number of hydrogen-bond donors (Lipinski definition) is 1. The number of halogens is 3. The van der Waals surface area contributed by atoms with E-state index in [1.165, 1.54) is 16.5 Å². The zero-order valence-corrected chi connectivity index (χ0v) is 15.6. The molecule has 1 unspecified atom stereocenters. The lowest BCUT2D eigenvalue weighted by atomic mass is 10.1. The van der Waals surface area contributed by atoms with Crippen LogP contribution in [0.25, 0.3) is 11.0 Å². The number of piperidine rings is 1. The molecule has 0 saturated carbocycles. The van der Waals surface area contributed by atoms with E-state index in [9.17, 15) is 18.0 Å². The van der Waals surface area contributed by atoms with E-state index in [4.69, 9.17) is 11.0 Å². The number of nitrogens with zero attached hydrogens (tertiary/aromatic N) is 5. The number of imidazole rings is 1. The minimum absolute atomic E-state index is 0.161. The van der Waals surface area contributed by atoms with E-state index >= 15 is 0 Å². The monoisotopic (exact) mass is 394 g/mol. The zero-order chi connectivity index (χ0) is 20.6. The van der Waals surface area contributed by atoms with Crippen molar-refractivity contribution >= 4 is 22.9 Å². The van der Waals surface area contributed by atoms with Gasteiger partial charge in [0, 0.05) is 32.3 Å². The summed E-state index contributed by atoms with van der Waals surface area (Å²) in [7, 11) is 1.49. The van der Waals surface area contributed by atoms with Crippen molar-refractivity contribution < 1.29 is 18.0 Å². The van der Waals surface area contributed by atoms with Crippen LogP contribution in [0.1, 0.15) is 13.3 Å². The smallest absolute Gasteiger partial charge is 0.243 e. The number of rotatable bonds is 4. The zero-order valence-electron chi connectivity index (χ0n) is 15.6. The van der Waals surface area contributed by atoms with Crippen LogP contribution >= 0.6 is 0 Å². The van der Waals surface area contributed by atoms with E-state index in [1.54, 1.807) is 11.8 Å². The summed E-state index contributed by atoms with van der Waals surface area (Å²) in [4.78, 5) is 19.9. The van der Waals surface area contributed by atoms with E-state index in [0.29, 0.717) is 6.54 Å². The molecule has 1 saturated heterocycles. The van der Waals surface area contributed by atoms with Gasteiger partial charge in [0.05, 0.1) is 23.1 Å². The maximum absolute atomic E-state index is 13.8. The number of alkyl halides is 1. The molecule has 1 fully saturated rings. The number of anilines is 1. The van der Waals surface area contributed by atoms with E-state index in [2.05, 4.69) is 4.98 Å². The molecule has 7 nitrogen and oxygen atoms in total. The molecule has 2 aromatic rings. The summed E-state index contributed by atoms with van der Waals surface area (Å²) in [5.41, 5.74) is 6.23. The van der Waals surface area contributed by atoms with Gasteiger partial charge in [-0.1, -0.05) is 0 Å². The fourth-order valence-corrected chi connectivity index (χ4v) is 3.19. The molecule has 0 radical (unpaired) electrons. The highest BCUT2D eigenvalue weighted by atomic mass is 19.2. The lowest BCUT2D eigenvalue weighted by molar-refractivity contribution is -0.131. The summed E-state index contributed by atoms with van der Waals surface area (Å²) in [5, 5.41) is 9.02. The second-order valence-electron chi connectivity index (χ2n) is 6.98. The number of nitriles is 1. The summed E-state index contributed by atoms with van der Waals surface area (Å²) in [6, 6.07) is 2.52. The third kappa shape index (κ3) is 3.62. The predicted octanol–water partition coefficient (Wildman–Crippen LogP) is 1.56. The largest absolute Gasteiger partial charge is 0.340 e. The van der Waals surface area contributed by atoms with Gasteiger partial charge in [-0.3, -0.25) is 4.79 Å². The SMILES string of the molecule is CC(C#N)N(C)C(=O)Cn1c(N2CC[C@@H](F)[C@H](N)C2)nc2cc(F)c(F)cc21.